The van der Waals surface area contributed by atoms with Crippen molar-refractivity contribution in [3.63, 3.8) is 0 Å². The van der Waals surface area contributed by atoms with Gasteiger partial charge in [-0.3, -0.25) is 10.2 Å². The van der Waals surface area contributed by atoms with Crippen molar-refractivity contribution < 1.29 is 9.13 Å². The highest BCUT2D eigenvalue weighted by Crippen LogP contribution is 2.30. The molecule has 8 heteroatoms. The van der Waals surface area contributed by atoms with Gasteiger partial charge >= 0.3 is 0 Å². The van der Waals surface area contributed by atoms with E-state index in [-0.39, 0.29) is 5.75 Å². The molecule has 2 aromatic heterocycles. The number of aromatic nitrogens is 4. The largest absolute Gasteiger partial charge is 0.454 e. The first-order valence-corrected chi connectivity index (χ1v) is 9.68. The van der Waals surface area contributed by atoms with Crippen molar-refractivity contribution in [2.75, 3.05) is 18.4 Å². The standard InChI is InChI=1S/C21H21FN6O/c22-17-9-15(25-21-10-19(27-28-21)13-2-1-7-23-11-13)3-6-20(17)29-16-4-5-18-14(8-16)12-24-26-18/h3-6,8-10,12-13,23H,1-2,7,11H2,(H,24,26)(H2,25,27,28). The molecule has 0 bridgehead atoms. The summed E-state index contributed by atoms with van der Waals surface area (Å²) < 4.78 is 20.3. The van der Waals surface area contributed by atoms with Gasteiger partial charge in [0.15, 0.2) is 17.4 Å². The Labute approximate surface area is 166 Å². The lowest BCUT2D eigenvalue weighted by Crippen LogP contribution is -2.28. The normalized spacial score (nSPS) is 16.8. The van der Waals surface area contributed by atoms with Crippen molar-refractivity contribution >= 4 is 22.4 Å². The van der Waals surface area contributed by atoms with E-state index in [1.165, 1.54) is 6.07 Å². The molecular weight excluding hydrogens is 371 g/mol. The summed E-state index contributed by atoms with van der Waals surface area (Å²) in [5.74, 6) is 1.37. The first kappa shape index (κ1) is 17.7. The molecule has 1 fully saturated rings. The Morgan fingerprint density at radius 1 is 1.10 bits per heavy atom. The summed E-state index contributed by atoms with van der Waals surface area (Å²) in [6, 6.07) is 12.2. The highest BCUT2D eigenvalue weighted by molar-refractivity contribution is 5.79. The van der Waals surface area contributed by atoms with E-state index in [1.54, 1.807) is 24.4 Å². The molecule has 1 aliphatic rings. The molecule has 0 radical (unpaired) electrons. The zero-order valence-corrected chi connectivity index (χ0v) is 15.7. The van der Waals surface area contributed by atoms with Gasteiger partial charge in [-0.1, -0.05) is 0 Å². The maximum absolute atomic E-state index is 14.6. The Kier molecular flexibility index (Phi) is 4.61. The molecule has 7 nitrogen and oxygen atoms in total. The van der Waals surface area contributed by atoms with Crippen molar-refractivity contribution in [1.29, 1.82) is 0 Å². The van der Waals surface area contributed by atoms with E-state index in [9.17, 15) is 4.39 Å². The van der Waals surface area contributed by atoms with Crippen LogP contribution in [0.2, 0.25) is 0 Å². The zero-order valence-electron chi connectivity index (χ0n) is 15.7. The van der Waals surface area contributed by atoms with Crippen LogP contribution in [0.15, 0.2) is 48.7 Å². The monoisotopic (exact) mass is 392 g/mol. The number of ether oxygens (including phenoxy) is 1. The number of hydrogen-bond acceptors (Lipinski definition) is 5. The predicted octanol–water partition coefficient (Wildman–Crippen LogP) is 4.43. The van der Waals surface area contributed by atoms with Crippen molar-refractivity contribution in [3.8, 4) is 11.5 Å². The second-order valence-corrected chi connectivity index (χ2v) is 7.24. The van der Waals surface area contributed by atoms with Crippen molar-refractivity contribution in [3.05, 3.63) is 60.2 Å². The Morgan fingerprint density at radius 2 is 2.07 bits per heavy atom. The molecule has 0 spiro atoms. The number of H-pyrrole nitrogens is 2. The molecule has 4 N–H and O–H groups in total. The second kappa shape index (κ2) is 7.56. The third-order valence-electron chi connectivity index (χ3n) is 5.18. The molecule has 148 valence electrons. The van der Waals surface area contributed by atoms with Crippen molar-refractivity contribution in [1.82, 2.24) is 25.7 Å². The molecule has 1 saturated heterocycles. The Hall–Kier alpha value is -3.39. The molecular formula is C21H21FN6O. The first-order chi connectivity index (χ1) is 14.2. The molecule has 2 aromatic carbocycles. The first-order valence-electron chi connectivity index (χ1n) is 9.68. The van der Waals surface area contributed by atoms with E-state index in [2.05, 4.69) is 31.0 Å². The smallest absolute Gasteiger partial charge is 0.167 e. The van der Waals surface area contributed by atoms with E-state index < -0.39 is 5.82 Å². The highest BCUT2D eigenvalue weighted by atomic mass is 19.1. The zero-order chi connectivity index (χ0) is 19.6. The molecule has 0 saturated carbocycles. The molecule has 3 heterocycles. The van der Waals surface area contributed by atoms with Gasteiger partial charge in [-0.15, -0.1) is 0 Å². The molecule has 1 unspecified atom stereocenters. The topological polar surface area (TPSA) is 90.6 Å². The van der Waals surface area contributed by atoms with Gasteiger partial charge in [0.1, 0.15) is 5.75 Å². The van der Waals surface area contributed by atoms with Crippen LogP contribution in [0.4, 0.5) is 15.9 Å². The average Bonchev–Trinajstić information content (AvgIpc) is 3.40. The lowest BCUT2D eigenvalue weighted by atomic mass is 9.96. The fourth-order valence-electron chi connectivity index (χ4n) is 3.65. The quantitative estimate of drug-likeness (QED) is 0.403. The van der Waals surface area contributed by atoms with E-state index in [1.807, 2.05) is 18.2 Å². The third kappa shape index (κ3) is 3.79. The lowest BCUT2D eigenvalue weighted by Gasteiger charge is -2.21. The molecule has 0 aliphatic carbocycles. The fraction of sp³-hybridized carbons (Fsp3) is 0.238. The van der Waals surface area contributed by atoms with Crippen LogP contribution in [0, 0.1) is 5.82 Å². The predicted molar refractivity (Wildman–Crippen MR) is 109 cm³/mol. The summed E-state index contributed by atoms with van der Waals surface area (Å²) in [6.45, 7) is 2.02. The lowest BCUT2D eigenvalue weighted by molar-refractivity contribution is 0.443. The highest BCUT2D eigenvalue weighted by Gasteiger charge is 2.17. The fourth-order valence-corrected chi connectivity index (χ4v) is 3.65. The number of aromatic amines is 2. The van der Waals surface area contributed by atoms with E-state index >= 15 is 0 Å². The summed E-state index contributed by atoms with van der Waals surface area (Å²) in [5.41, 5.74) is 2.61. The van der Waals surface area contributed by atoms with Crippen LogP contribution in [-0.4, -0.2) is 33.5 Å². The Morgan fingerprint density at radius 3 is 2.93 bits per heavy atom. The van der Waals surface area contributed by atoms with Gasteiger partial charge in [-0.2, -0.15) is 10.2 Å². The SMILES string of the molecule is Fc1cc(Nc2cc(C3CCCNC3)[nH]n2)ccc1Oc1ccc2[nH]ncc2c1. The van der Waals surface area contributed by atoms with Crippen LogP contribution in [-0.2, 0) is 0 Å². The van der Waals surface area contributed by atoms with Gasteiger partial charge in [0.2, 0.25) is 0 Å². The van der Waals surface area contributed by atoms with Gasteiger partial charge in [0.05, 0.1) is 11.7 Å². The minimum absolute atomic E-state index is 0.161. The average molecular weight is 392 g/mol. The molecule has 1 atom stereocenters. The van der Waals surface area contributed by atoms with Gasteiger partial charge < -0.3 is 15.4 Å². The maximum Gasteiger partial charge on any atom is 0.167 e. The number of nitrogens with zero attached hydrogens (tertiary/aromatic N) is 2. The number of fused-ring (bicyclic) bond motifs is 1. The van der Waals surface area contributed by atoms with Gasteiger partial charge in [0, 0.05) is 41.4 Å². The van der Waals surface area contributed by atoms with E-state index in [4.69, 9.17) is 4.74 Å². The van der Waals surface area contributed by atoms with Gasteiger partial charge in [0.25, 0.3) is 0 Å². The molecule has 5 rings (SSSR count). The van der Waals surface area contributed by atoms with Crippen LogP contribution in [0.1, 0.15) is 24.5 Å². The number of benzene rings is 2. The summed E-state index contributed by atoms with van der Waals surface area (Å²) in [4.78, 5) is 0. The number of anilines is 2. The van der Waals surface area contributed by atoms with Crippen molar-refractivity contribution in [2.45, 2.75) is 18.8 Å². The van der Waals surface area contributed by atoms with Crippen molar-refractivity contribution in [2.24, 2.45) is 0 Å². The summed E-state index contributed by atoms with van der Waals surface area (Å²) in [5, 5.41) is 21.7. The minimum atomic E-state index is -0.450. The number of nitrogens with one attached hydrogen (secondary N) is 4. The summed E-state index contributed by atoms with van der Waals surface area (Å²) in [6.07, 6.45) is 4.00. The molecule has 29 heavy (non-hydrogen) atoms. The number of halogens is 1. The molecule has 0 amide bonds. The number of piperidine rings is 1. The van der Waals surface area contributed by atoms with Crippen LogP contribution in [0.25, 0.3) is 10.9 Å². The van der Waals surface area contributed by atoms with E-state index in [0.717, 1.165) is 42.5 Å². The summed E-state index contributed by atoms with van der Waals surface area (Å²) in [7, 11) is 0. The Balaban J connectivity index is 1.28. The van der Waals surface area contributed by atoms with E-state index in [0.29, 0.717) is 23.2 Å². The number of rotatable bonds is 5. The third-order valence-corrected chi connectivity index (χ3v) is 5.18. The van der Waals surface area contributed by atoms with Crippen LogP contribution >= 0.6 is 0 Å². The van der Waals surface area contributed by atoms with Crippen LogP contribution in [0.3, 0.4) is 0 Å². The minimum Gasteiger partial charge on any atom is -0.454 e. The maximum atomic E-state index is 14.6. The molecule has 4 aromatic rings. The second-order valence-electron chi connectivity index (χ2n) is 7.24. The Bertz CT molecular complexity index is 1130. The molecule has 1 aliphatic heterocycles. The number of hydrogen-bond donors (Lipinski definition) is 4. The van der Waals surface area contributed by atoms with Gasteiger partial charge in [-0.05, 0) is 49.7 Å². The van der Waals surface area contributed by atoms with Crippen LogP contribution in [0.5, 0.6) is 11.5 Å². The van der Waals surface area contributed by atoms with Crippen LogP contribution < -0.4 is 15.4 Å². The van der Waals surface area contributed by atoms with Gasteiger partial charge in [-0.25, -0.2) is 4.39 Å². The summed E-state index contributed by atoms with van der Waals surface area (Å²) >= 11 is 0.